The van der Waals surface area contributed by atoms with Crippen LogP contribution in [0.2, 0.25) is 0 Å². The number of amides is 1. The Labute approximate surface area is 192 Å². The summed E-state index contributed by atoms with van der Waals surface area (Å²) in [6, 6.07) is 3.35. The average molecular weight is 484 g/mol. The van der Waals surface area contributed by atoms with E-state index in [4.69, 9.17) is 0 Å². The van der Waals surface area contributed by atoms with Gasteiger partial charge in [-0.15, -0.1) is 11.3 Å². The Morgan fingerprint density at radius 1 is 1.28 bits per heavy atom. The Morgan fingerprint density at radius 2 is 1.97 bits per heavy atom. The average Bonchev–Trinajstić information content (AvgIpc) is 3.46. The highest BCUT2D eigenvalue weighted by Crippen LogP contribution is 2.43. The third-order valence-electron chi connectivity index (χ3n) is 7.60. The summed E-state index contributed by atoms with van der Waals surface area (Å²) >= 11 is 1.22. The smallest absolute Gasteiger partial charge is 0.252 e. The van der Waals surface area contributed by atoms with Gasteiger partial charge in [0.1, 0.15) is 9.99 Å². The monoisotopic (exact) mass is 483 g/mol. The Hall–Kier alpha value is -1.85. The van der Waals surface area contributed by atoms with Crippen molar-refractivity contribution in [2.75, 3.05) is 32.7 Å². The maximum absolute atomic E-state index is 13.0. The number of rotatable bonds is 6. The topological polar surface area (TPSA) is 118 Å². The number of carbonyl (C=O) groups excluding carboxylic acids is 2. The first-order valence-corrected chi connectivity index (χ1v) is 13.4. The molecule has 0 aromatic carbocycles. The van der Waals surface area contributed by atoms with Gasteiger partial charge in [0.25, 0.3) is 10.0 Å². The van der Waals surface area contributed by atoms with E-state index in [2.05, 4.69) is 0 Å². The summed E-state index contributed by atoms with van der Waals surface area (Å²) in [5, 5.41) is 12.8. The second-order valence-electron chi connectivity index (χ2n) is 9.54. The Morgan fingerprint density at radius 3 is 2.59 bits per heavy atom. The van der Waals surface area contributed by atoms with Crippen molar-refractivity contribution in [1.82, 2.24) is 9.21 Å². The molecule has 4 rings (SSSR count). The second kappa shape index (κ2) is 8.83. The Bertz CT molecular complexity index is 985. The van der Waals surface area contributed by atoms with Crippen LogP contribution >= 0.6 is 11.3 Å². The summed E-state index contributed by atoms with van der Waals surface area (Å²) in [5.41, 5.74) is -0.0929. The van der Waals surface area contributed by atoms with Crippen LogP contribution in [0.5, 0.6) is 0 Å². The van der Waals surface area contributed by atoms with E-state index in [1.54, 1.807) is 22.4 Å². The van der Waals surface area contributed by atoms with Gasteiger partial charge in [-0.2, -0.15) is 4.31 Å². The van der Waals surface area contributed by atoms with E-state index in [0.717, 1.165) is 6.42 Å². The predicted octanol–water partition coefficient (Wildman–Crippen LogP) is 2.26. The van der Waals surface area contributed by atoms with Crippen LogP contribution in [0.15, 0.2) is 21.7 Å². The molecule has 1 aromatic heterocycles. The van der Waals surface area contributed by atoms with Gasteiger partial charge in [-0.3, -0.25) is 19.7 Å². The van der Waals surface area contributed by atoms with Gasteiger partial charge in [0.2, 0.25) is 12.5 Å². The van der Waals surface area contributed by atoms with Crippen LogP contribution in [0, 0.1) is 33.3 Å². The number of nitrogens with zero attached hydrogens (tertiary/aromatic N) is 3. The summed E-state index contributed by atoms with van der Waals surface area (Å²) in [7, 11) is -3.46. The lowest BCUT2D eigenvalue weighted by atomic mass is 9.78. The van der Waals surface area contributed by atoms with Crippen molar-refractivity contribution in [3.05, 3.63) is 27.6 Å². The van der Waals surface area contributed by atoms with E-state index in [-0.39, 0.29) is 46.8 Å². The summed E-state index contributed by atoms with van der Waals surface area (Å²) in [4.78, 5) is 37.8. The molecule has 2 aliphatic heterocycles. The van der Waals surface area contributed by atoms with Crippen molar-refractivity contribution in [2.45, 2.75) is 43.2 Å². The first kappa shape index (κ1) is 23.3. The minimum Gasteiger partial charge on any atom is -0.342 e. The molecule has 9 nitrogen and oxygen atoms in total. The van der Waals surface area contributed by atoms with Crippen molar-refractivity contribution in [1.29, 1.82) is 0 Å². The molecule has 3 aliphatic rings. The molecule has 1 aliphatic carbocycles. The van der Waals surface area contributed by atoms with Crippen molar-refractivity contribution >= 4 is 33.1 Å². The molecule has 1 amide bonds. The van der Waals surface area contributed by atoms with Gasteiger partial charge < -0.3 is 4.90 Å². The molecular weight excluding hydrogens is 454 g/mol. The first-order chi connectivity index (χ1) is 15.1. The van der Waals surface area contributed by atoms with Gasteiger partial charge in [-0.25, -0.2) is 8.42 Å². The standard InChI is InChI=1S/C21H29N3O6S2/c1-15-11-18(25)16(17(15)13-24(27)28)12-19(26)22-7-4-21(14-22)5-8-23(9-6-21)32(29,30)20-3-2-10-31-20/h2-3,10,15-17H,4-9,11-14H2,1H3. The summed E-state index contributed by atoms with van der Waals surface area (Å²) in [5.74, 6) is -1.19. The fraction of sp³-hybridized carbons (Fsp3) is 0.714. The zero-order valence-corrected chi connectivity index (χ0v) is 19.8. The molecule has 3 atom stereocenters. The van der Waals surface area contributed by atoms with E-state index in [9.17, 15) is 28.1 Å². The lowest BCUT2D eigenvalue weighted by Gasteiger charge is -2.38. The van der Waals surface area contributed by atoms with Gasteiger partial charge >= 0.3 is 0 Å². The second-order valence-corrected chi connectivity index (χ2v) is 12.7. The van der Waals surface area contributed by atoms with Gasteiger partial charge in [-0.05, 0) is 42.0 Å². The quantitative estimate of drug-likeness (QED) is 0.452. The number of sulfonamides is 1. The van der Waals surface area contributed by atoms with Crippen LogP contribution in [0.3, 0.4) is 0 Å². The van der Waals surface area contributed by atoms with Gasteiger partial charge in [0.05, 0.1) is 0 Å². The van der Waals surface area contributed by atoms with Crippen LogP contribution in [0.1, 0.15) is 39.0 Å². The maximum Gasteiger partial charge on any atom is 0.252 e. The third kappa shape index (κ3) is 4.47. The number of hydrogen-bond donors (Lipinski definition) is 0. The maximum atomic E-state index is 13.0. The summed E-state index contributed by atoms with van der Waals surface area (Å²) in [6.07, 6.45) is 2.56. The van der Waals surface area contributed by atoms with E-state index < -0.39 is 15.9 Å². The van der Waals surface area contributed by atoms with Gasteiger partial charge in [-0.1, -0.05) is 13.0 Å². The number of thiophene rings is 1. The van der Waals surface area contributed by atoms with E-state index in [0.29, 0.717) is 49.7 Å². The molecular formula is C21H29N3O6S2. The van der Waals surface area contributed by atoms with Crippen molar-refractivity contribution < 1.29 is 22.9 Å². The number of likely N-dealkylation sites (tertiary alicyclic amines) is 1. The van der Waals surface area contributed by atoms with Crippen LogP contribution in [0.4, 0.5) is 0 Å². The molecule has 0 bridgehead atoms. The van der Waals surface area contributed by atoms with Crippen LogP contribution in [0.25, 0.3) is 0 Å². The fourth-order valence-corrected chi connectivity index (χ4v) is 8.20. The molecule has 11 heteroatoms. The van der Waals surface area contributed by atoms with Crippen molar-refractivity contribution in [3.63, 3.8) is 0 Å². The highest BCUT2D eigenvalue weighted by molar-refractivity contribution is 7.91. The summed E-state index contributed by atoms with van der Waals surface area (Å²) in [6.45, 7) is 3.60. The molecule has 1 aromatic rings. The molecule has 0 N–H and O–H groups in total. The van der Waals surface area contributed by atoms with Gasteiger partial charge in [0, 0.05) is 55.8 Å². The summed E-state index contributed by atoms with van der Waals surface area (Å²) < 4.78 is 27.4. The SMILES string of the molecule is CC1CC(=O)C(CC(=O)N2CCC3(CCN(S(=O)(=O)c4cccs4)CC3)C2)C1C[N+](=O)[O-]. The van der Waals surface area contributed by atoms with E-state index in [1.807, 2.05) is 6.92 Å². The van der Waals surface area contributed by atoms with Crippen molar-refractivity contribution in [3.8, 4) is 0 Å². The van der Waals surface area contributed by atoms with Gasteiger partial charge in [0.15, 0.2) is 0 Å². The normalized spacial score (nSPS) is 28.5. The molecule has 3 fully saturated rings. The van der Waals surface area contributed by atoms with Crippen LogP contribution in [-0.2, 0) is 19.6 Å². The van der Waals surface area contributed by atoms with Crippen LogP contribution in [-0.4, -0.2) is 67.0 Å². The number of Topliss-reactive ketones (excluding diaryl/α,β-unsaturated/α-hetero) is 1. The molecule has 1 spiro atoms. The first-order valence-electron chi connectivity index (χ1n) is 11.1. The molecule has 176 valence electrons. The highest BCUT2D eigenvalue weighted by atomic mass is 32.2. The number of piperidine rings is 1. The Kier molecular flexibility index (Phi) is 6.43. The molecule has 0 radical (unpaired) electrons. The molecule has 2 saturated heterocycles. The van der Waals surface area contributed by atoms with E-state index >= 15 is 0 Å². The number of carbonyl (C=O) groups is 2. The third-order valence-corrected chi connectivity index (χ3v) is 10.9. The number of ketones is 1. The number of nitro groups is 1. The van der Waals surface area contributed by atoms with Crippen LogP contribution < -0.4 is 0 Å². The zero-order valence-electron chi connectivity index (χ0n) is 18.1. The Balaban J connectivity index is 1.35. The molecule has 32 heavy (non-hydrogen) atoms. The minimum atomic E-state index is -3.46. The lowest BCUT2D eigenvalue weighted by Crippen LogP contribution is -2.44. The highest BCUT2D eigenvalue weighted by Gasteiger charge is 2.47. The minimum absolute atomic E-state index is 0.0383. The molecule has 3 heterocycles. The zero-order chi connectivity index (χ0) is 23.1. The molecule has 3 unspecified atom stereocenters. The fourth-order valence-electron chi connectivity index (χ4n) is 5.61. The lowest BCUT2D eigenvalue weighted by molar-refractivity contribution is -0.490. The van der Waals surface area contributed by atoms with E-state index in [1.165, 1.54) is 15.6 Å². The predicted molar refractivity (Wildman–Crippen MR) is 118 cm³/mol. The molecule has 1 saturated carbocycles. The van der Waals surface area contributed by atoms with Crippen molar-refractivity contribution in [2.24, 2.45) is 23.2 Å². The number of hydrogen-bond acceptors (Lipinski definition) is 7. The largest absolute Gasteiger partial charge is 0.342 e.